The van der Waals surface area contributed by atoms with Gasteiger partial charge in [0.15, 0.2) is 0 Å². The third kappa shape index (κ3) is 2.93. The highest BCUT2D eigenvalue weighted by Gasteiger charge is 2.27. The van der Waals surface area contributed by atoms with Gasteiger partial charge in [0.05, 0.1) is 11.3 Å². The zero-order valence-corrected chi connectivity index (χ0v) is 14.4. The molecule has 4 rings (SSSR count). The number of rotatable bonds is 4. The molecule has 0 fully saturated rings. The van der Waals surface area contributed by atoms with Crippen molar-refractivity contribution in [2.75, 3.05) is 23.0 Å². The Kier molecular flexibility index (Phi) is 4.15. The van der Waals surface area contributed by atoms with Crippen LogP contribution in [0, 0.1) is 0 Å². The summed E-state index contributed by atoms with van der Waals surface area (Å²) in [6.45, 7) is 0. The van der Waals surface area contributed by atoms with E-state index in [1.807, 2.05) is 85.9 Å². The van der Waals surface area contributed by atoms with Gasteiger partial charge >= 0.3 is 0 Å². The highest BCUT2D eigenvalue weighted by molar-refractivity contribution is 6.37. The summed E-state index contributed by atoms with van der Waals surface area (Å²) in [5.74, 6) is -0.0951. The maximum Gasteiger partial charge on any atom is 0.258 e. The minimum absolute atomic E-state index is 0.0951. The van der Waals surface area contributed by atoms with E-state index in [1.54, 1.807) is 0 Å². The second-order valence-electron chi connectivity index (χ2n) is 6.07. The van der Waals surface area contributed by atoms with Gasteiger partial charge in [-0.1, -0.05) is 54.6 Å². The van der Waals surface area contributed by atoms with Gasteiger partial charge in [-0.3, -0.25) is 4.79 Å². The second-order valence-corrected chi connectivity index (χ2v) is 6.07. The second kappa shape index (κ2) is 6.76. The fourth-order valence-electron chi connectivity index (χ4n) is 3.15. The van der Waals surface area contributed by atoms with E-state index in [9.17, 15) is 4.79 Å². The summed E-state index contributed by atoms with van der Waals surface area (Å²) in [7, 11) is 1.89. The summed E-state index contributed by atoms with van der Waals surface area (Å²) < 4.78 is 0. The molecule has 1 amide bonds. The molecular weight excluding hydrogens is 322 g/mol. The molecule has 0 aliphatic carbocycles. The van der Waals surface area contributed by atoms with Gasteiger partial charge in [0.25, 0.3) is 5.91 Å². The van der Waals surface area contributed by atoms with Crippen molar-refractivity contribution in [1.29, 1.82) is 0 Å². The van der Waals surface area contributed by atoms with Gasteiger partial charge in [-0.05, 0) is 29.8 Å². The largest absolute Gasteiger partial charge is 0.388 e. The lowest BCUT2D eigenvalue weighted by molar-refractivity contribution is -0.110. The van der Waals surface area contributed by atoms with Gasteiger partial charge in [0.1, 0.15) is 0 Å². The molecule has 0 radical (unpaired) electrons. The lowest BCUT2D eigenvalue weighted by Gasteiger charge is -2.15. The number of benzene rings is 3. The van der Waals surface area contributed by atoms with Crippen LogP contribution >= 0.6 is 0 Å². The molecule has 4 nitrogen and oxygen atoms in total. The summed E-state index contributed by atoms with van der Waals surface area (Å²) in [5, 5.41) is 9.56. The first-order valence-corrected chi connectivity index (χ1v) is 8.51. The van der Waals surface area contributed by atoms with Crippen LogP contribution in [0.5, 0.6) is 0 Å². The Morgan fingerprint density at radius 1 is 0.846 bits per heavy atom. The minimum Gasteiger partial charge on any atom is -0.388 e. The molecule has 0 aromatic heterocycles. The highest BCUT2D eigenvalue weighted by atomic mass is 16.2. The third-order valence-electron chi connectivity index (χ3n) is 4.40. The highest BCUT2D eigenvalue weighted by Crippen LogP contribution is 2.37. The number of carbonyl (C=O) groups is 1. The molecule has 1 heterocycles. The van der Waals surface area contributed by atoms with Crippen molar-refractivity contribution in [3.05, 3.63) is 90.0 Å². The molecular formula is C22H19N3O. The SMILES string of the molecule is CNc1cccc(NC(=C2C(=O)Nc3ccccc32)c2ccccc2)c1. The topological polar surface area (TPSA) is 53.2 Å². The normalized spacial score (nSPS) is 14.4. The number of para-hydroxylation sites is 1. The van der Waals surface area contributed by atoms with Crippen LogP contribution in [-0.4, -0.2) is 13.0 Å². The van der Waals surface area contributed by atoms with Gasteiger partial charge in [-0.25, -0.2) is 0 Å². The van der Waals surface area contributed by atoms with E-state index < -0.39 is 0 Å². The average Bonchev–Trinajstić information content (AvgIpc) is 3.02. The van der Waals surface area contributed by atoms with Crippen LogP contribution in [0.1, 0.15) is 11.1 Å². The lowest BCUT2D eigenvalue weighted by Crippen LogP contribution is -2.10. The van der Waals surface area contributed by atoms with E-state index in [1.165, 1.54) is 0 Å². The Morgan fingerprint density at radius 3 is 2.38 bits per heavy atom. The smallest absolute Gasteiger partial charge is 0.258 e. The summed E-state index contributed by atoms with van der Waals surface area (Å²) in [6, 6.07) is 25.7. The molecule has 3 aromatic carbocycles. The Bertz CT molecular complexity index is 993. The molecule has 0 saturated heterocycles. The van der Waals surface area contributed by atoms with Crippen LogP contribution in [0.15, 0.2) is 78.9 Å². The summed E-state index contributed by atoms with van der Waals surface area (Å²) in [5.41, 5.74) is 6.08. The summed E-state index contributed by atoms with van der Waals surface area (Å²) in [6.07, 6.45) is 0. The van der Waals surface area contributed by atoms with E-state index in [0.717, 1.165) is 33.9 Å². The predicted octanol–water partition coefficient (Wildman–Crippen LogP) is 4.66. The van der Waals surface area contributed by atoms with Crippen molar-refractivity contribution in [2.45, 2.75) is 0 Å². The van der Waals surface area contributed by atoms with Gasteiger partial charge in [0, 0.05) is 29.7 Å². The molecule has 0 unspecified atom stereocenters. The first kappa shape index (κ1) is 16.0. The van der Waals surface area contributed by atoms with Gasteiger partial charge in [0.2, 0.25) is 0 Å². The molecule has 1 aliphatic rings. The molecule has 3 N–H and O–H groups in total. The van der Waals surface area contributed by atoms with Crippen LogP contribution in [0.2, 0.25) is 0 Å². The van der Waals surface area contributed by atoms with Gasteiger partial charge in [-0.2, -0.15) is 0 Å². The quantitative estimate of drug-likeness (QED) is 0.605. The van der Waals surface area contributed by atoms with Gasteiger partial charge in [-0.15, -0.1) is 0 Å². The number of hydrogen-bond donors (Lipinski definition) is 3. The molecule has 26 heavy (non-hydrogen) atoms. The number of hydrogen-bond acceptors (Lipinski definition) is 3. The van der Waals surface area contributed by atoms with Crippen LogP contribution in [-0.2, 0) is 4.79 Å². The predicted molar refractivity (Wildman–Crippen MR) is 108 cm³/mol. The molecule has 0 bridgehead atoms. The molecule has 0 spiro atoms. The van der Waals surface area contributed by atoms with Crippen LogP contribution < -0.4 is 16.0 Å². The third-order valence-corrected chi connectivity index (χ3v) is 4.40. The maximum absolute atomic E-state index is 12.7. The molecule has 128 valence electrons. The van der Waals surface area contributed by atoms with Crippen LogP contribution in [0.4, 0.5) is 17.1 Å². The lowest BCUT2D eigenvalue weighted by atomic mass is 10.00. The zero-order chi connectivity index (χ0) is 17.9. The van der Waals surface area contributed by atoms with Crippen molar-refractivity contribution in [3.63, 3.8) is 0 Å². The molecule has 4 heteroatoms. The fourth-order valence-corrected chi connectivity index (χ4v) is 3.15. The van der Waals surface area contributed by atoms with Crippen LogP contribution in [0.25, 0.3) is 11.3 Å². The Hall–Kier alpha value is -3.53. The van der Waals surface area contributed by atoms with E-state index >= 15 is 0 Å². The Balaban J connectivity index is 1.88. The van der Waals surface area contributed by atoms with Crippen molar-refractivity contribution in [1.82, 2.24) is 0 Å². The van der Waals surface area contributed by atoms with Crippen LogP contribution in [0.3, 0.4) is 0 Å². The Labute approximate surface area is 152 Å². The Morgan fingerprint density at radius 2 is 1.58 bits per heavy atom. The minimum atomic E-state index is -0.0951. The number of amides is 1. The van der Waals surface area contributed by atoms with Crippen molar-refractivity contribution in [2.24, 2.45) is 0 Å². The zero-order valence-electron chi connectivity index (χ0n) is 14.4. The van der Waals surface area contributed by atoms with E-state index in [-0.39, 0.29) is 5.91 Å². The average molecular weight is 341 g/mol. The van der Waals surface area contributed by atoms with E-state index in [2.05, 4.69) is 16.0 Å². The number of nitrogens with one attached hydrogen (secondary N) is 3. The van der Waals surface area contributed by atoms with Gasteiger partial charge < -0.3 is 16.0 Å². The fraction of sp³-hybridized carbons (Fsp3) is 0.0455. The van der Waals surface area contributed by atoms with Crippen molar-refractivity contribution in [3.8, 4) is 0 Å². The first-order valence-electron chi connectivity index (χ1n) is 8.51. The first-order chi connectivity index (χ1) is 12.8. The van der Waals surface area contributed by atoms with E-state index in [0.29, 0.717) is 5.57 Å². The summed E-state index contributed by atoms with van der Waals surface area (Å²) >= 11 is 0. The molecule has 3 aromatic rings. The molecule has 1 aliphatic heterocycles. The number of fused-ring (bicyclic) bond motifs is 1. The standard InChI is InChI=1S/C22H19N3O/c1-23-16-10-7-11-17(14-16)24-21(15-8-3-2-4-9-15)20-18-12-5-6-13-19(18)25-22(20)26/h2-14,23-24H,1H3,(H,25,26). The number of carbonyl (C=O) groups excluding carboxylic acids is 1. The van der Waals surface area contributed by atoms with Crippen molar-refractivity contribution >= 4 is 34.2 Å². The monoisotopic (exact) mass is 341 g/mol. The van der Waals surface area contributed by atoms with E-state index in [4.69, 9.17) is 0 Å². The summed E-state index contributed by atoms with van der Waals surface area (Å²) in [4.78, 5) is 12.7. The molecule has 0 saturated carbocycles. The maximum atomic E-state index is 12.7. The number of anilines is 3. The molecule has 0 atom stereocenters. The van der Waals surface area contributed by atoms with Crippen molar-refractivity contribution < 1.29 is 4.79 Å².